The standard InChI is InChI=1S/C6H11NO4S/c1-12(9,10)11-5-2-3-6(8)7-4-5/h5H,2-4H2,1H3,(H,7,8). The van der Waals surface area contributed by atoms with Gasteiger partial charge in [0.25, 0.3) is 10.1 Å². The minimum atomic E-state index is -3.39. The lowest BCUT2D eigenvalue weighted by atomic mass is 10.1. The molecule has 0 spiro atoms. The molecular weight excluding hydrogens is 182 g/mol. The summed E-state index contributed by atoms with van der Waals surface area (Å²) >= 11 is 0. The van der Waals surface area contributed by atoms with Crippen LogP contribution in [0.1, 0.15) is 12.8 Å². The van der Waals surface area contributed by atoms with Crippen LogP contribution in [0, 0.1) is 0 Å². The van der Waals surface area contributed by atoms with Gasteiger partial charge in [-0.2, -0.15) is 8.42 Å². The lowest BCUT2D eigenvalue weighted by Crippen LogP contribution is -2.40. The van der Waals surface area contributed by atoms with E-state index in [0.29, 0.717) is 12.8 Å². The Bertz CT molecular complexity index is 261. The topological polar surface area (TPSA) is 72.5 Å². The minimum absolute atomic E-state index is 0.0525. The van der Waals surface area contributed by atoms with Gasteiger partial charge in [-0.15, -0.1) is 0 Å². The van der Waals surface area contributed by atoms with Crippen LogP contribution in [0.15, 0.2) is 0 Å². The molecule has 1 heterocycles. The van der Waals surface area contributed by atoms with Crippen molar-refractivity contribution in [3.05, 3.63) is 0 Å². The van der Waals surface area contributed by atoms with Crippen LogP contribution in [0.3, 0.4) is 0 Å². The van der Waals surface area contributed by atoms with Crippen LogP contribution < -0.4 is 5.32 Å². The van der Waals surface area contributed by atoms with Crippen molar-refractivity contribution < 1.29 is 17.4 Å². The van der Waals surface area contributed by atoms with Crippen LogP contribution in [0.5, 0.6) is 0 Å². The van der Waals surface area contributed by atoms with Crippen LogP contribution >= 0.6 is 0 Å². The maximum Gasteiger partial charge on any atom is 0.264 e. The van der Waals surface area contributed by atoms with Gasteiger partial charge < -0.3 is 5.32 Å². The highest BCUT2D eigenvalue weighted by Crippen LogP contribution is 2.08. The quantitative estimate of drug-likeness (QED) is 0.585. The van der Waals surface area contributed by atoms with E-state index in [0.717, 1.165) is 6.26 Å². The predicted molar refractivity (Wildman–Crippen MR) is 42.0 cm³/mol. The van der Waals surface area contributed by atoms with E-state index in [2.05, 4.69) is 9.50 Å². The second-order valence-corrected chi connectivity index (χ2v) is 4.37. The number of carbonyl (C=O) groups is 1. The molecule has 1 atom stereocenters. The van der Waals surface area contributed by atoms with E-state index in [-0.39, 0.29) is 12.5 Å². The Morgan fingerprint density at radius 3 is 2.67 bits per heavy atom. The van der Waals surface area contributed by atoms with Gasteiger partial charge in [0, 0.05) is 13.0 Å². The van der Waals surface area contributed by atoms with Crippen molar-refractivity contribution in [3.8, 4) is 0 Å². The zero-order chi connectivity index (χ0) is 9.19. The maximum absolute atomic E-state index is 10.7. The Morgan fingerprint density at radius 2 is 2.25 bits per heavy atom. The van der Waals surface area contributed by atoms with Gasteiger partial charge in [-0.3, -0.25) is 8.98 Å². The third-order valence-corrected chi connectivity index (χ3v) is 2.15. The maximum atomic E-state index is 10.7. The first-order valence-electron chi connectivity index (χ1n) is 3.62. The molecule has 1 unspecified atom stereocenters. The van der Waals surface area contributed by atoms with E-state index < -0.39 is 16.2 Å². The molecule has 0 radical (unpaired) electrons. The van der Waals surface area contributed by atoms with Crippen LogP contribution in [-0.4, -0.2) is 33.2 Å². The summed E-state index contributed by atoms with van der Waals surface area (Å²) in [4.78, 5) is 10.7. The molecular formula is C6H11NO4S. The summed E-state index contributed by atoms with van der Waals surface area (Å²) in [6.07, 6.45) is 1.42. The molecule has 0 aromatic carbocycles. The van der Waals surface area contributed by atoms with Crippen molar-refractivity contribution in [1.29, 1.82) is 0 Å². The Labute approximate surface area is 71.2 Å². The summed E-state index contributed by atoms with van der Waals surface area (Å²) in [6.45, 7) is 0.284. The first kappa shape index (κ1) is 9.47. The molecule has 0 bridgehead atoms. The van der Waals surface area contributed by atoms with Gasteiger partial charge in [-0.05, 0) is 6.42 Å². The van der Waals surface area contributed by atoms with E-state index in [9.17, 15) is 13.2 Å². The first-order chi connectivity index (χ1) is 5.47. The van der Waals surface area contributed by atoms with E-state index in [1.54, 1.807) is 0 Å². The average molecular weight is 193 g/mol. The number of rotatable bonds is 2. The van der Waals surface area contributed by atoms with Crippen LogP contribution in [0.2, 0.25) is 0 Å². The fourth-order valence-corrected chi connectivity index (χ4v) is 1.70. The summed E-state index contributed by atoms with van der Waals surface area (Å²) in [5.74, 6) is -0.0525. The normalized spacial score (nSPS) is 25.1. The Kier molecular flexibility index (Phi) is 2.69. The molecule has 1 aliphatic heterocycles. The highest BCUT2D eigenvalue weighted by Gasteiger charge is 2.21. The summed E-state index contributed by atoms with van der Waals surface area (Å²) in [5.41, 5.74) is 0. The van der Waals surface area contributed by atoms with Gasteiger partial charge in [0.1, 0.15) is 0 Å². The molecule has 5 nitrogen and oxygen atoms in total. The number of piperidine rings is 1. The largest absolute Gasteiger partial charge is 0.353 e. The van der Waals surface area contributed by atoms with Gasteiger partial charge in [0.2, 0.25) is 5.91 Å². The highest BCUT2D eigenvalue weighted by atomic mass is 32.2. The van der Waals surface area contributed by atoms with Crippen molar-refractivity contribution in [2.45, 2.75) is 18.9 Å². The second-order valence-electron chi connectivity index (χ2n) is 2.77. The lowest BCUT2D eigenvalue weighted by molar-refractivity contribution is -0.123. The monoisotopic (exact) mass is 193 g/mol. The minimum Gasteiger partial charge on any atom is -0.353 e. The molecule has 0 aliphatic carbocycles. The predicted octanol–water partition coefficient (Wildman–Crippen LogP) is -0.759. The van der Waals surface area contributed by atoms with Crippen LogP contribution in [-0.2, 0) is 19.1 Å². The third-order valence-electron chi connectivity index (χ3n) is 1.53. The van der Waals surface area contributed by atoms with E-state index in [1.807, 2.05) is 0 Å². The molecule has 0 saturated carbocycles. The molecule has 6 heteroatoms. The molecule has 0 aromatic heterocycles. The molecule has 1 amide bonds. The average Bonchev–Trinajstić information content (AvgIpc) is 1.91. The Hall–Kier alpha value is -0.620. The number of hydrogen-bond donors (Lipinski definition) is 1. The molecule has 70 valence electrons. The van der Waals surface area contributed by atoms with E-state index in [1.165, 1.54) is 0 Å². The number of hydrogen-bond acceptors (Lipinski definition) is 4. The van der Waals surface area contributed by atoms with Gasteiger partial charge in [-0.25, -0.2) is 0 Å². The van der Waals surface area contributed by atoms with Gasteiger partial charge in [0.15, 0.2) is 0 Å². The Morgan fingerprint density at radius 1 is 1.58 bits per heavy atom. The summed E-state index contributed by atoms with van der Waals surface area (Å²) in [7, 11) is -3.39. The molecule has 12 heavy (non-hydrogen) atoms. The summed E-state index contributed by atoms with van der Waals surface area (Å²) in [5, 5.41) is 2.53. The summed E-state index contributed by atoms with van der Waals surface area (Å²) in [6, 6.07) is 0. The zero-order valence-electron chi connectivity index (χ0n) is 6.74. The number of carbonyl (C=O) groups excluding carboxylic acids is 1. The molecule has 1 N–H and O–H groups in total. The smallest absolute Gasteiger partial charge is 0.264 e. The second kappa shape index (κ2) is 3.40. The van der Waals surface area contributed by atoms with Crippen LogP contribution in [0.25, 0.3) is 0 Å². The van der Waals surface area contributed by atoms with Gasteiger partial charge in [-0.1, -0.05) is 0 Å². The van der Waals surface area contributed by atoms with Crippen molar-refractivity contribution in [2.75, 3.05) is 12.8 Å². The van der Waals surface area contributed by atoms with E-state index >= 15 is 0 Å². The molecule has 1 aliphatic rings. The summed E-state index contributed by atoms with van der Waals surface area (Å²) < 4.78 is 26.0. The van der Waals surface area contributed by atoms with E-state index in [4.69, 9.17) is 0 Å². The van der Waals surface area contributed by atoms with Crippen molar-refractivity contribution in [2.24, 2.45) is 0 Å². The third kappa shape index (κ3) is 3.19. The number of amides is 1. The van der Waals surface area contributed by atoms with Crippen molar-refractivity contribution in [1.82, 2.24) is 5.32 Å². The lowest BCUT2D eigenvalue weighted by Gasteiger charge is -2.20. The van der Waals surface area contributed by atoms with Crippen LogP contribution in [0.4, 0.5) is 0 Å². The van der Waals surface area contributed by atoms with Crippen molar-refractivity contribution in [3.63, 3.8) is 0 Å². The highest BCUT2D eigenvalue weighted by molar-refractivity contribution is 7.86. The van der Waals surface area contributed by atoms with Gasteiger partial charge in [0.05, 0.1) is 12.4 Å². The zero-order valence-corrected chi connectivity index (χ0v) is 7.56. The first-order valence-corrected chi connectivity index (χ1v) is 5.44. The molecule has 1 rings (SSSR count). The fraction of sp³-hybridized carbons (Fsp3) is 0.833. The fourth-order valence-electron chi connectivity index (χ4n) is 1.04. The molecule has 1 fully saturated rings. The number of nitrogens with one attached hydrogen (secondary N) is 1. The Balaban J connectivity index is 2.41. The van der Waals surface area contributed by atoms with Gasteiger partial charge >= 0.3 is 0 Å². The van der Waals surface area contributed by atoms with Crippen molar-refractivity contribution >= 4 is 16.0 Å². The SMILES string of the molecule is CS(=O)(=O)OC1CCC(=O)NC1. The molecule has 1 saturated heterocycles. The molecule has 0 aromatic rings.